The molecule has 0 fully saturated rings. The summed E-state index contributed by atoms with van der Waals surface area (Å²) in [6.45, 7) is 6.94. The van der Waals surface area contributed by atoms with Crippen molar-refractivity contribution >= 4 is 152 Å². The summed E-state index contributed by atoms with van der Waals surface area (Å²) in [7, 11) is 3.87. The topological polar surface area (TPSA) is 343 Å². The quantitative estimate of drug-likeness (QED) is 0.0498. The van der Waals surface area contributed by atoms with Crippen LogP contribution in [-0.2, 0) is 6.61 Å². The second kappa shape index (κ2) is 41.8. The van der Waals surface area contributed by atoms with Gasteiger partial charge in [0.05, 0.1) is 120 Å². The Hall–Kier alpha value is -17.2. The Balaban J connectivity index is 0.000000115. The van der Waals surface area contributed by atoms with E-state index in [4.69, 9.17) is 44.9 Å². The number of aliphatic hydroxyl groups is 1. The number of benzene rings is 3. The zero-order valence-corrected chi connectivity index (χ0v) is 76.7. The van der Waals surface area contributed by atoms with Crippen LogP contribution in [0.3, 0.4) is 0 Å². The van der Waals surface area contributed by atoms with Gasteiger partial charge in [-0.1, -0.05) is 46.9 Å². The second-order valence-corrected chi connectivity index (χ2v) is 32.9. The largest absolute Gasteiger partial charge is 0.392 e. The van der Waals surface area contributed by atoms with Crippen LogP contribution < -0.4 is 21.3 Å². The summed E-state index contributed by atoms with van der Waals surface area (Å²) in [6.07, 6.45) is 26.7. The zero-order valence-electron chi connectivity index (χ0n) is 74.4. The van der Waals surface area contributed by atoms with Crippen LogP contribution in [0.5, 0.6) is 0 Å². The number of hydrogen-bond donors (Lipinski definition) is 5. The first-order chi connectivity index (χ1) is 67.7. The number of pyridine rings is 17. The monoisotopic (exact) mass is 1900 g/mol. The van der Waals surface area contributed by atoms with E-state index in [0.717, 1.165) is 124 Å². The number of amides is 1. The van der Waals surface area contributed by atoms with Crippen LogP contribution in [-0.4, -0.2) is 147 Å². The Bertz CT molecular complexity index is 8370. The van der Waals surface area contributed by atoms with Crippen molar-refractivity contribution in [2.75, 3.05) is 43.1 Å². The molecule has 684 valence electrons. The molecule has 0 spiro atoms. The van der Waals surface area contributed by atoms with Crippen molar-refractivity contribution in [3.8, 4) is 67.9 Å². The van der Waals surface area contributed by atoms with Crippen molar-refractivity contribution in [3.63, 3.8) is 0 Å². The van der Waals surface area contributed by atoms with E-state index in [1.807, 2.05) is 166 Å². The number of fused-ring (bicyclic) bond motifs is 7. The van der Waals surface area contributed by atoms with E-state index in [1.165, 1.54) is 36.5 Å². The number of aromatic nitrogens is 21. The van der Waals surface area contributed by atoms with E-state index < -0.39 is 23.3 Å². The molecule has 0 aliphatic carbocycles. The molecular formula is C104H77Cl3F4N26O2. The van der Waals surface area contributed by atoms with Gasteiger partial charge in [-0.25, -0.2) is 76.8 Å². The smallest absolute Gasteiger partial charge is 0.255 e. The standard InChI is InChI=1S/C24H22ClFN6O.C21H16N6.C20H11ClFN5.C20H14F2N4O.C19H14ClN5/c1-32(2)11-10-29-24(33)18-14-27-9-7-20(18)30-21-13-22(17-12-15(25)5-6-19(17)26)31-23-16(21)4-3-8-28-23;1-13-5-3-7-17(24-13)18-11-20(15-6-4-9-23-21(15)25-18)27-19-8-10-22-12-16(19)14(2)26-27;21-13-3-4-16(22)15(8-13)17-9-19(14-2-1-6-24-20(14)26-17)27-18-5-7-23-10-12(18)11-25-27;21-13-3-4-16(22)15(8-13)19-9-18(14-2-1-6-24-20(14)26-19)25-17-5-7-23-10-12(17)11-27;1-12-4-2-6-16(23-12)18-10-17(13-5-3-8-22-19(13)25-18)24-15-7-9-21-11-14(15)20/h3-9,12-14H,10-11H2,1-2H3,(H,29,33)(H,27,28,30,31);3-12H,1-2H3;1-11H;1-10,27H,11H2,(H,23,24,25,26);2-11H,1H3,(H,21,22,24,25). The summed E-state index contributed by atoms with van der Waals surface area (Å²) >= 11 is 18.4. The van der Waals surface area contributed by atoms with Crippen LogP contribution in [0.4, 0.5) is 51.7 Å². The average molecular weight is 1910 g/mol. The molecule has 0 saturated heterocycles. The number of nitrogens with zero attached hydrogens (tertiary/aromatic N) is 22. The van der Waals surface area contributed by atoms with E-state index in [2.05, 4.69) is 106 Å². The van der Waals surface area contributed by atoms with Gasteiger partial charge in [-0.15, -0.1) is 0 Å². The molecule has 19 aromatic heterocycles. The highest BCUT2D eigenvalue weighted by Crippen LogP contribution is 2.39. The Morgan fingerprint density at radius 1 is 0.381 bits per heavy atom. The van der Waals surface area contributed by atoms with Crippen LogP contribution in [0.2, 0.25) is 15.1 Å². The Labute approximate surface area is 805 Å². The molecule has 35 heteroatoms. The number of hydrogen-bond acceptors (Lipinski definition) is 25. The minimum Gasteiger partial charge on any atom is -0.392 e. The number of halogens is 7. The number of nitrogens with one attached hydrogen (secondary N) is 4. The summed E-state index contributed by atoms with van der Waals surface area (Å²) in [4.78, 5) is 89.0. The fourth-order valence-corrected chi connectivity index (χ4v) is 15.7. The van der Waals surface area contributed by atoms with E-state index in [1.54, 1.807) is 140 Å². The lowest BCUT2D eigenvalue weighted by atomic mass is 10.1. The number of likely N-dealkylation sites (N-methyl/N-ethyl adjacent to an activating group) is 1. The van der Waals surface area contributed by atoms with Gasteiger partial charge in [0, 0.05) is 193 Å². The highest BCUT2D eigenvalue weighted by molar-refractivity contribution is 6.33. The molecule has 22 rings (SSSR count). The lowest BCUT2D eigenvalue weighted by Gasteiger charge is -2.15. The Kier molecular flexibility index (Phi) is 27.7. The van der Waals surface area contributed by atoms with E-state index >= 15 is 0 Å². The summed E-state index contributed by atoms with van der Waals surface area (Å²) in [6, 6.07) is 60.7. The lowest BCUT2D eigenvalue weighted by Crippen LogP contribution is -2.31. The number of aliphatic hydroxyl groups excluding tert-OH is 1. The maximum Gasteiger partial charge on any atom is 0.255 e. The summed E-state index contributed by atoms with van der Waals surface area (Å²) in [5.41, 5.74) is 18.9. The van der Waals surface area contributed by atoms with Gasteiger partial charge in [-0.2, -0.15) is 10.2 Å². The molecule has 19 heterocycles. The van der Waals surface area contributed by atoms with E-state index in [-0.39, 0.29) is 29.3 Å². The van der Waals surface area contributed by atoms with Gasteiger partial charge < -0.3 is 31.3 Å². The molecule has 1 amide bonds. The molecule has 0 bridgehead atoms. The average Bonchev–Trinajstić information content (AvgIpc) is 1.66. The van der Waals surface area contributed by atoms with E-state index in [0.29, 0.717) is 113 Å². The minimum atomic E-state index is -0.579. The van der Waals surface area contributed by atoms with Gasteiger partial charge in [0.2, 0.25) is 0 Å². The van der Waals surface area contributed by atoms with Crippen LogP contribution in [0, 0.1) is 44.0 Å². The van der Waals surface area contributed by atoms with Crippen molar-refractivity contribution in [2.45, 2.75) is 27.4 Å². The van der Waals surface area contributed by atoms with Crippen LogP contribution in [0.15, 0.2) is 311 Å². The van der Waals surface area contributed by atoms with Gasteiger partial charge in [0.25, 0.3) is 5.91 Å². The van der Waals surface area contributed by atoms with Gasteiger partial charge in [0.15, 0.2) is 28.2 Å². The maximum absolute atomic E-state index is 14.6. The molecule has 5 N–H and O–H groups in total. The number of aryl methyl sites for hydroxylation is 3. The Morgan fingerprint density at radius 2 is 0.820 bits per heavy atom. The molecule has 0 unspecified atom stereocenters. The third kappa shape index (κ3) is 21.0. The molecule has 0 atom stereocenters. The first-order valence-electron chi connectivity index (χ1n) is 43.1. The highest BCUT2D eigenvalue weighted by Gasteiger charge is 2.23. The zero-order chi connectivity index (χ0) is 96.2. The molecule has 0 aliphatic rings. The van der Waals surface area contributed by atoms with Gasteiger partial charge in [0.1, 0.15) is 23.3 Å². The molecular weight excluding hydrogens is 1830 g/mol. The fourth-order valence-electron chi connectivity index (χ4n) is 15.2. The predicted octanol–water partition coefficient (Wildman–Crippen LogP) is 22.4. The van der Waals surface area contributed by atoms with E-state index in [9.17, 15) is 27.5 Å². The first kappa shape index (κ1) is 92.3. The maximum atomic E-state index is 14.6. The third-order valence-electron chi connectivity index (χ3n) is 21.8. The van der Waals surface area contributed by atoms with Crippen LogP contribution in [0.25, 0.3) is 145 Å². The SMILES string of the molecule is CN(C)CCNC(=O)c1cnccc1Nc1cc(-c2cc(Cl)ccc2F)nc2ncccc12.Cc1cccc(-c2cc(-n3nc(C)c4cnccc43)c3cccnc3n2)n1.Cc1cccc(-c2cc(Nc3ccncc3Cl)c3cccnc3n2)n1.Fc1ccc(Cl)cc1-c1cc(-n2ncc3cnccc32)c2cccnc2n1.OCc1cnccc1Nc1cc(-c2cc(F)ccc2F)nc2ncccc12. The number of anilines is 6. The predicted molar refractivity (Wildman–Crippen MR) is 534 cm³/mol. The van der Waals surface area contributed by atoms with Gasteiger partial charge in [-0.05, 0) is 235 Å². The Morgan fingerprint density at radius 3 is 1.37 bits per heavy atom. The van der Waals surface area contributed by atoms with Crippen molar-refractivity contribution in [1.29, 1.82) is 0 Å². The van der Waals surface area contributed by atoms with Crippen LogP contribution >= 0.6 is 34.8 Å². The summed E-state index contributed by atoms with van der Waals surface area (Å²) in [5.74, 6) is -2.23. The molecule has 28 nitrogen and oxygen atoms in total. The fraction of sp³-hybridized carbons (Fsp3) is 0.0769. The minimum absolute atomic E-state index is 0.0442. The summed E-state index contributed by atoms with van der Waals surface area (Å²) < 4.78 is 60.6. The van der Waals surface area contributed by atoms with Gasteiger partial charge in [-0.3, -0.25) is 39.7 Å². The molecule has 139 heavy (non-hydrogen) atoms. The molecule has 0 saturated carbocycles. The van der Waals surface area contributed by atoms with Crippen molar-refractivity contribution < 1.29 is 27.5 Å². The molecule has 0 radical (unpaired) electrons. The molecule has 22 aromatic rings. The first-order valence-corrected chi connectivity index (χ1v) is 44.3. The van der Waals surface area contributed by atoms with Crippen LogP contribution in [0.1, 0.15) is 33.0 Å². The summed E-state index contributed by atoms with van der Waals surface area (Å²) in [5, 5.41) is 38.9. The number of carbonyl (C=O) groups excluding carboxylic acids is 1. The second-order valence-electron chi connectivity index (χ2n) is 31.6. The van der Waals surface area contributed by atoms with Crippen molar-refractivity contribution in [3.05, 3.63) is 378 Å². The lowest BCUT2D eigenvalue weighted by molar-refractivity contribution is 0.0951. The van der Waals surface area contributed by atoms with Crippen molar-refractivity contribution in [1.82, 2.24) is 115 Å². The molecule has 3 aromatic carbocycles. The highest BCUT2D eigenvalue weighted by atomic mass is 35.5. The number of carbonyl (C=O) groups is 1. The third-order valence-corrected chi connectivity index (χ3v) is 22.6. The number of rotatable bonds is 18. The van der Waals surface area contributed by atoms with Gasteiger partial charge >= 0.3 is 0 Å². The normalized spacial score (nSPS) is 11.1. The van der Waals surface area contributed by atoms with Crippen molar-refractivity contribution in [2.24, 2.45) is 0 Å². The molecule has 0 aliphatic heterocycles.